The summed E-state index contributed by atoms with van der Waals surface area (Å²) in [6, 6.07) is -0.290. The third-order valence-electron chi connectivity index (χ3n) is 5.14. The smallest absolute Gasteiger partial charge is 0.410 e. The Labute approximate surface area is 140 Å². The van der Waals surface area contributed by atoms with Gasteiger partial charge in [0.05, 0.1) is 25.4 Å². The Balaban J connectivity index is 1.98. The number of aliphatic hydroxyl groups excluding tert-OH is 1. The average Bonchev–Trinajstić information content (AvgIpc) is 2.52. The molecule has 1 amide bonds. The molecule has 23 heavy (non-hydrogen) atoms. The molecule has 1 aliphatic heterocycles. The minimum atomic E-state index is -0.527. The zero-order valence-electron chi connectivity index (χ0n) is 15.1. The second kappa shape index (κ2) is 7.84. The van der Waals surface area contributed by atoms with Gasteiger partial charge in [-0.25, -0.2) is 4.79 Å². The number of ether oxygens (including phenoxy) is 2. The number of hydrogen-bond donors (Lipinski definition) is 1. The highest BCUT2D eigenvalue weighted by atomic mass is 16.6. The molecule has 2 unspecified atom stereocenters. The molecule has 2 fully saturated rings. The van der Waals surface area contributed by atoms with E-state index in [1.807, 2.05) is 20.8 Å². The molecule has 1 saturated heterocycles. The molecular weight excluding hydrogens is 294 g/mol. The van der Waals surface area contributed by atoms with Crippen molar-refractivity contribution in [2.75, 3.05) is 19.8 Å². The first-order valence-corrected chi connectivity index (χ1v) is 9.07. The van der Waals surface area contributed by atoms with Crippen molar-refractivity contribution in [3.05, 3.63) is 0 Å². The number of carbonyl (C=O) groups excluding carboxylic acids is 1. The summed E-state index contributed by atoms with van der Waals surface area (Å²) in [6.45, 7) is 9.22. The van der Waals surface area contributed by atoms with Crippen molar-refractivity contribution >= 4 is 6.09 Å². The van der Waals surface area contributed by atoms with Crippen LogP contribution in [0.5, 0.6) is 0 Å². The maximum absolute atomic E-state index is 12.4. The molecule has 0 aromatic rings. The van der Waals surface area contributed by atoms with Gasteiger partial charge in [-0.15, -0.1) is 0 Å². The van der Waals surface area contributed by atoms with Crippen molar-refractivity contribution in [3.63, 3.8) is 0 Å². The summed E-state index contributed by atoms with van der Waals surface area (Å²) < 4.78 is 11.0. The van der Waals surface area contributed by atoms with Crippen LogP contribution in [0.2, 0.25) is 0 Å². The summed E-state index contributed by atoms with van der Waals surface area (Å²) in [4.78, 5) is 14.1. The van der Waals surface area contributed by atoms with Crippen LogP contribution in [0.15, 0.2) is 0 Å². The van der Waals surface area contributed by atoms with Crippen LogP contribution in [0.1, 0.15) is 59.8 Å². The van der Waals surface area contributed by atoms with Crippen LogP contribution < -0.4 is 0 Å². The van der Waals surface area contributed by atoms with Crippen LogP contribution >= 0.6 is 0 Å². The van der Waals surface area contributed by atoms with Crippen molar-refractivity contribution in [1.29, 1.82) is 0 Å². The van der Waals surface area contributed by atoms with Gasteiger partial charge in [0.1, 0.15) is 5.60 Å². The van der Waals surface area contributed by atoms with Crippen LogP contribution in [0.4, 0.5) is 4.79 Å². The fraction of sp³-hybridized carbons (Fsp3) is 0.944. The fourth-order valence-electron chi connectivity index (χ4n) is 3.71. The molecule has 0 aromatic heterocycles. The van der Waals surface area contributed by atoms with E-state index in [4.69, 9.17) is 9.47 Å². The molecular formula is C18H33NO4. The number of amides is 1. The molecule has 1 heterocycles. The Morgan fingerprint density at radius 3 is 2.52 bits per heavy atom. The Kier molecular flexibility index (Phi) is 6.32. The summed E-state index contributed by atoms with van der Waals surface area (Å²) in [5.41, 5.74) is -0.524. The molecule has 0 spiro atoms. The summed E-state index contributed by atoms with van der Waals surface area (Å²) in [5.74, 6) is 1.05. The first kappa shape index (κ1) is 18.5. The lowest BCUT2D eigenvalue weighted by molar-refractivity contribution is -0.0842. The molecule has 0 radical (unpaired) electrons. The van der Waals surface area contributed by atoms with E-state index in [9.17, 15) is 9.90 Å². The standard InChI is InChI=1S/C18H33NO4/c1-5-13-6-8-14(9-7-13)16(20)15-12-22-11-10-19(15)17(21)23-18(2,3)4/h13-16,20H,5-12H2,1-4H3. The van der Waals surface area contributed by atoms with Crippen molar-refractivity contribution < 1.29 is 19.4 Å². The van der Waals surface area contributed by atoms with Crippen molar-refractivity contribution in [1.82, 2.24) is 4.90 Å². The van der Waals surface area contributed by atoms with E-state index >= 15 is 0 Å². The molecule has 1 saturated carbocycles. The first-order chi connectivity index (χ1) is 10.8. The van der Waals surface area contributed by atoms with E-state index in [1.54, 1.807) is 4.90 Å². The predicted molar refractivity (Wildman–Crippen MR) is 89.3 cm³/mol. The van der Waals surface area contributed by atoms with Gasteiger partial charge in [0.25, 0.3) is 0 Å². The number of rotatable bonds is 3. The zero-order chi connectivity index (χ0) is 17.0. The van der Waals surface area contributed by atoms with E-state index in [2.05, 4.69) is 6.92 Å². The van der Waals surface area contributed by atoms with Crippen molar-refractivity contribution in [2.45, 2.75) is 77.5 Å². The van der Waals surface area contributed by atoms with E-state index < -0.39 is 11.7 Å². The van der Waals surface area contributed by atoms with Crippen LogP contribution in [0.25, 0.3) is 0 Å². The zero-order valence-corrected chi connectivity index (χ0v) is 15.1. The Bertz CT molecular complexity index is 385. The maximum Gasteiger partial charge on any atom is 0.410 e. The van der Waals surface area contributed by atoms with Crippen LogP contribution in [-0.2, 0) is 9.47 Å². The van der Waals surface area contributed by atoms with Gasteiger partial charge in [-0.3, -0.25) is 4.90 Å². The van der Waals surface area contributed by atoms with E-state index in [1.165, 1.54) is 19.3 Å². The minimum absolute atomic E-state index is 0.259. The number of nitrogens with zero attached hydrogens (tertiary/aromatic N) is 1. The van der Waals surface area contributed by atoms with Gasteiger partial charge >= 0.3 is 6.09 Å². The summed E-state index contributed by atoms with van der Waals surface area (Å²) >= 11 is 0. The van der Waals surface area contributed by atoms with E-state index in [0.29, 0.717) is 19.8 Å². The van der Waals surface area contributed by atoms with Gasteiger partial charge in [0.15, 0.2) is 0 Å². The lowest BCUT2D eigenvalue weighted by Crippen LogP contribution is -2.57. The summed E-state index contributed by atoms with van der Waals surface area (Å²) in [7, 11) is 0. The minimum Gasteiger partial charge on any atom is -0.444 e. The van der Waals surface area contributed by atoms with Gasteiger partial charge in [0.2, 0.25) is 0 Å². The van der Waals surface area contributed by atoms with Crippen molar-refractivity contribution in [3.8, 4) is 0 Å². The molecule has 2 atom stereocenters. The molecule has 1 N–H and O–H groups in total. The van der Waals surface area contributed by atoms with Gasteiger partial charge in [-0.05, 0) is 45.4 Å². The van der Waals surface area contributed by atoms with E-state index in [-0.39, 0.29) is 18.1 Å². The predicted octanol–water partition coefficient (Wildman–Crippen LogP) is 3.20. The van der Waals surface area contributed by atoms with E-state index in [0.717, 1.165) is 18.8 Å². The first-order valence-electron chi connectivity index (χ1n) is 9.07. The lowest BCUT2D eigenvalue weighted by Gasteiger charge is -2.42. The topological polar surface area (TPSA) is 59.0 Å². The quantitative estimate of drug-likeness (QED) is 0.865. The van der Waals surface area contributed by atoms with Crippen LogP contribution in [0, 0.1) is 11.8 Å². The summed E-state index contributed by atoms with van der Waals surface area (Å²) in [5, 5.41) is 10.8. The Morgan fingerprint density at radius 2 is 1.96 bits per heavy atom. The van der Waals surface area contributed by atoms with Crippen LogP contribution in [-0.4, -0.2) is 53.6 Å². The monoisotopic (exact) mass is 327 g/mol. The van der Waals surface area contributed by atoms with Gasteiger partial charge in [-0.2, -0.15) is 0 Å². The molecule has 5 nitrogen and oxygen atoms in total. The molecule has 0 bridgehead atoms. The summed E-state index contributed by atoms with van der Waals surface area (Å²) in [6.07, 6.45) is 4.79. The molecule has 2 rings (SSSR count). The molecule has 134 valence electrons. The van der Waals surface area contributed by atoms with Gasteiger partial charge in [-0.1, -0.05) is 26.2 Å². The fourth-order valence-corrected chi connectivity index (χ4v) is 3.71. The van der Waals surface area contributed by atoms with Crippen molar-refractivity contribution in [2.24, 2.45) is 11.8 Å². The molecule has 1 aliphatic carbocycles. The Morgan fingerprint density at radius 1 is 1.30 bits per heavy atom. The number of morpholine rings is 1. The normalized spacial score (nSPS) is 30.8. The highest BCUT2D eigenvalue weighted by Crippen LogP contribution is 2.34. The average molecular weight is 327 g/mol. The lowest BCUT2D eigenvalue weighted by atomic mass is 9.76. The maximum atomic E-state index is 12.4. The highest BCUT2D eigenvalue weighted by molar-refractivity contribution is 5.68. The third-order valence-corrected chi connectivity index (χ3v) is 5.14. The molecule has 0 aromatic carbocycles. The van der Waals surface area contributed by atoms with Gasteiger partial charge in [0, 0.05) is 6.54 Å². The number of carbonyl (C=O) groups is 1. The Hall–Kier alpha value is -0.810. The third kappa shape index (κ3) is 5.08. The molecule has 5 heteroatoms. The second-order valence-corrected chi connectivity index (χ2v) is 8.00. The number of hydrogen-bond acceptors (Lipinski definition) is 4. The van der Waals surface area contributed by atoms with Crippen LogP contribution in [0.3, 0.4) is 0 Å². The largest absolute Gasteiger partial charge is 0.444 e. The van der Waals surface area contributed by atoms with Gasteiger partial charge < -0.3 is 14.6 Å². The SMILES string of the molecule is CCC1CCC(C(O)C2COCCN2C(=O)OC(C)(C)C)CC1. The number of aliphatic hydroxyl groups is 1. The molecule has 2 aliphatic rings. The second-order valence-electron chi connectivity index (χ2n) is 8.00. The highest BCUT2D eigenvalue weighted by Gasteiger charge is 2.39.